The molecule has 0 amide bonds. The minimum absolute atomic E-state index is 0.589. The van der Waals surface area contributed by atoms with E-state index >= 15 is 0 Å². The van der Waals surface area contributed by atoms with Gasteiger partial charge in [0.2, 0.25) is 0 Å². The molecule has 1 fully saturated rings. The number of ether oxygens (including phenoxy) is 1. The first-order valence-electron chi connectivity index (χ1n) is 8.28. The molecule has 1 heterocycles. The molecule has 3 rings (SSSR count). The zero-order valence-corrected chi connectivity index (χ0v) is 13.9. The van der Waals surface area contributed by atoms with Crippen LogP contribution in [0.3, 0.4) is 0 Å². The lowest BCUT2D eigenvalue weighted by atomic mass is 9.95. The third-order valence-corrected chi connectivity index (χ3v) is 4.58. The molecular formula is C20H24N2O. The topological polar surface area (TPSA) is 36.3 Å². The highest BCUT2D eigenvalue weighted by Gasteiger charge is 2.19. The summed E-state index contributed by atoms with van der Waals surface area (Å²) >= 11 is 0. The van der Waals surface area contributed by atoms with Gasteiger partial charge < -0.3 is 9.64 Å². The van der Waals surface area contributed by atoms with E-state index in [4.69, 9.17) is 10.1 Å². The Morgan fingerprint density at radius 3 is 2.35 bits per heavy atom. The second-order valence-electron chi connectivity index (χ2n) is 6.12. The van der Waals surface area contributed by atoms with Gasteiger partial charge in [-0.3, -0.25) is 5.41 Å². The minimum Gasteiger partial charge on any atom is -0.497 e. The fraction of sp³-hybridized carbons (Fsp3) is 0.350. The lowest BCUT2D eigenvalue weighted by Crippen LogP contribution is -2.31. The first-order chi connectivity index (χ1) is 11.2. The molecule has 1 aliphatic heterocycles. The number of nitrogens with one attached hydrogen (secondary N) is 1. The van der Waals surface area contributed by atoms with E-state index < -0.39 is 0 Å². The number of methoxy groups -OCH3 is 1. The lowest BCUT2D eigenvalue weighted by molar-refractivity contribution is 0.415. The molecule has 3 heteroatoms. The molecule has 3 nitrogen and oxygen atoms in total. The minimum atomic E-state index is 0.589. The molecule has 0 unspecified atom stereocenters. The number of rotatable bonds is 4. The summed E-state index contributed by atoms with van der Waals surface area (Å²) in [6, 6.07) is 14.1. The van der Waals surface area contributed by atoms with Gasteiger partial charge in [-0.2, -0.15) is 0 Å². The number of anilines is 1. The largest absolute Gasteiger partial charge is 0.497 e. The molecule has 1 aliphatic rings. The van der Waals surface area contributed by atoms with Gasteiger partial charge in [0.15, 0.2) is 0 Å². The third-order valence-electron chi connectivity index (χ3n) is 4.58. The third kappa shape index (κ3) is 3.24. The van der Waals surface area contributed by atoms with Gasteiger partial charge in [0.05, 0.1) is 12.8 Å². The van der Waals surface area contributed by atoms with Gasteiger partial charge in [0.1, 0.15) is 5.75 Å². The van der Waals surface area contributed by atoms with Crippen molar-refractivity contribution < 1.29 is 4.74 Å². The van der Waals surface area contributed by atoms with Crippen LogP contribution in [0, 0.1) is 12.3 Å². The van der Waals surface area contributed by atoms with Crippen LogP contribution in [0.4, 0.5) is 5.69 Å². The quantitative estimate of drug-likeness (QED) is 0.849. The lowest BCUT2D eigenvalue weighted by Gasteiger charge is -2.31. The Labute approximate surface area is 138 Å². The Bertz CT molecular complexity index is 685. The predicted octanol–water partition coefficient (Wildman–Crippen LogP) is 4.41. The van der Waals surface area contributed by atoms with Gasteiger partial charge >= 0.3 is 0 Å². The van der Waals surface area contributed by atoms with E-state index in [2.05, 4.69) is 30.0 Å². The van der Waals surface area contributed by atoms with Gasteiger partial charge in [-0.1, -0.05) is 12.1 Å². The van der Waals surface area contributed by atoms with Crippen molar-refractivity contribution in [2.75, 3.05) is 25.1 Å². The monoisotopic (exact) mass is 308 g/mol. The molecule has 2 aromatic carbocycles. The summed E-state index contributed by atoms with van der Waals surface area (Å²) in [7, 11) is 1.66. The van der Waals surface area contributed by atoms with Crippen LogP contribution < -0.4 is 9.64 Å². The molecule has 120 valence electrons. The second kappa shape index (κ2) is 6.86. The molecule has 0 radical (unpaired) electrons. The summed E-state index contributed by atoms with van der Waals surface area (Å²) in [5.74, 6) is 0.822. The standard InChI is InChI=1S/C20H24N2O/c1-15-7-6-8-18(22-13-4-3-5-14-22)19(15)20(21)16-9-11-17(23-2)12-10-16/h6-12,21H,3-5,13-14H2,1-2H3. The SMILES string of the molecule is COc1ccc(C(=N)c2c(C)cccc2N2CCCCC2)cc1. The normalized spacial score (nSPS) is 14.6. The summed E-state index contributed by atoms with van der Waals surface area (Å²) in [4.78, 5) is 2.43. The number of nitrogens with zero attached hydrogens (tertiary/aromatic N) is 1. The number of hydrogen-bond acceptors (Lipinski definition) is 3. The molecule has 0 aliphatic carbocycles. The molecule has 0 aromatic heterocycles. The molecular weight excluding hydrogens is 284 g/mol. The summed E-state index contributed by atoms with van der Waals surface area (Å²) < 4.78 is 5.22. The maximum atomic E-state index is 8.73. The van der Waals surface area contributed by atoms with Crippen molar-refractivity contribution in [3.05, 3.63) is 59.2 Å². The zero-order valence-electron chi connectivity index (χ0n) is 13.9. The van der Waals surface area contributed by atoms with Crippen molar-refractivity contribution in [1.82, 2.24) is 0 Å². The van der Waals surface area contributed by atoms with E-state index in [1.54, 1.807) is 7.11 Å². The summed E-state index contributed by atoms with van der Waals surface area (Å²) in [6.07, 6.45) is 3.79. The maximum absolute atomic E-state index is 8.73. The van der Waals surface area contributed by atoms with Crippen LogP contribution in [0.1, 0.15) is 36.0 Å². The Hall–Kier alpha value is -2.29. The van der Waals surface area contributed by atoms with Crippen molar-refractivity contribution in [3.63, 3.8) is 0 Å². The van der Waals surface area contributed by atoms with Crippen LogP contribution in [-0.4, -0.2) is 25.9 Å². The average molecular weight is 308 g/mol. The van der Waals surface area contributed by atoms with Crippen molar-refractivity contribution in [1.29, 1.82) is 5.41 Å². The molecule has 0 spiro atoms. The Morgan fingerprint density at radius 2 is 1.70 bits per heavy atom. The van der Waals surface area contributed by atoms with Crippen molar-refractivity contribution in [2.45, 2.75) is 26.2 Å². The van der Waals surface area contributed by atoms with Gasteiger partial charge in [-0.15, -0.1) is 0 Å². The van der Waals surface area contributed by atoms with E-state index in [0.717, 1.165) is 35.5 Å². The van der Waals surface area contributed by atoms with E-state index in [0.29, 0.717) is 5.71 Å². The van der Waals surface area contributed by atoms with Crippen molar-refractivity contribution >= 4 is 11.4 Å². The fourth-order valence-electron chi connectivity index (χ4n) is 3.28. The smallest absolute Gasteiger partial charge is 0.118 e. The van der Waals surface area contributed by atoms with E-state index in [1.807, 2.05) is 24.3 Å². The highest BCUT2D eigenvalue weighted by Crippen LogP contribution is 2.29. The molecule has 0 bridgehead atoms. The number of piperidine rings is 1. The van der Waals surface area contributed by atoms with E-state index in [9.17, 15) is 0 Å². The van der Waals surface area contributed by atoms with Crippen LogP contribution in [0.15, 0.2) is 42.5 Å². The van der Waals surface area contributed by atoms with E-state index in [1.165, 1.54) is 24.9 Å². The first-order valence-corrected chi connectivity index (χ1v) is 8.28. The summed E-state index contributed by atoms with van der Waals surface area (Å²) in [5, 5.41) is 8.73. The van der Waals surface area contributed by atoms with Crippen LogP contribution in [0.25, 0.3) is 0 Å². The van der Waals surface area contributed by atoms with Crippen LogP contribution in [-0.2, 0) is 0 Å². The van der Waals surface area contributed by atoms with Crippen molar-refractivity contribution in [3.8, 4) is 5.75 Å². The number of benzene rings is 2. The van der Waals surface area contributed by atoms with Crippen molar-refractivity contribution in [2.24, 2.45) is 0 Å². The fourth-order valence-corrected chi connectivity index (χ4v) is 3.28. The average Bonchev–Trinajstić information content (AvgIpc) is 2.62. The van der Waals surface area contributed by atoms with Gasteiger partial charge in [0.25, 0.3) is 0 Å². The Morgan fingerprint density at radius 1 is 1.00 bits per heavy atom. The Balaban J connectivity index is 1.98. The maximum Gasteiger partial charge on any atom is 0.118 e. The molecule has 2 aromatic rings. The first kappa shape index (κ1) is 15.6. The molecule has 1 N–H and O–H groups in total. The highest BCUT2D eigenvalue weighted by atomic mass is 16.5. The van der Waals surface area contributed by atoms with E-state index in [-0.39, 0.29) is 0 Å². The molecule has 0 atom stereocenters. The van der Waals surface area contributed by atoms with Crippen LogP contribution in [0.2, 0.25) is 0 Å². The number of hydrogen-bond donors (Lipinski definition) is 1. The van der Waals surface area contributed by atoms with Crippen LogP contribution in [0.5, 0.6) is 5.75 Å². The molecule has 1 saturated heterocycles. The van der Waals surface area contributed by atoms with Gasteiger partial charge in [-0.25, -0.2) is 0 Å². The Kier molecular flexibility index (Phi) is 4.65. The van der Waals surface area contributed by atoms with Crippen LogP contribution >= 0.6 is 0 Å². The highest BCUT2D eigenvalue weighted by molar-refractivity contribution is 6.15. The molecule has 0 saturated carbocycles. The second-order valence-corrected chi connectivity index (χ2v) is 6.12. The van der Waals surface area contributed by atoms with Gasteiger partial charge in [0, 0.05) is 29.9 Å². The summed E-state index contributed by atoms with van der Waals surface area (Å²) in [6.45, 7) is 4.28. The predicted molar refractivity (Wildman–Crippen MR) is 96.2 cm³/mol. The molecule has 23 heavy (non-hydrogen) atoms. The zero-order chi connectivity index (χ0) is 16.2. The summed E-state index contributed by atoms with van der Waals surface area (Å²) in [5.41, 5.74) is 4.93. The van der Waals surface area contributed by atoms with Gasteiger partial charge in [-0.05, 0) is 62.1 Å². The number of aryl methyl sites for hydroxylation is 1.